The summed E-state index contributed by atoms with van der Waals surface area (Å²) in [6, 6.07) is 4.99. The van der Waals surface area contributed by atoms with Gasteiger partial charge in [0, 0.05) is 6.54 Å². The molecular weight excluding hydrogens is 288 g/mol. The highest BCUT2D eigenvalue weighted by atomic mass is 32.1. The lowest BCUT2D eigenvalue weighted by Gasteiger charge is -2.35. The van der Waals surface area contributed by atoms with Crippen molar-refractivity contribution in [2.24, 2.45) is 5.73 Å². The van der Waals surface area contributed by atoms with Crippen LogP contribution in [0.5, 0.6) is 11.5 Å². The van der Waals surface area contributed by atoms with Crippen LogP contribution in [-0.4, -0.2) is 42.6 Å². The number of nitrogens with two attached hydrogens (primary N) is 1. The van der Waals surface area contributed by atoms with Gasteiger partial charge in [0.1, 0.15) is 11.5 Å². The predicted octanol–water partition coefficient (Wildman–Crippen LogP) is 1.98. The van der Waals surface area contributed by atoms with Gasteiger partial charge in [0.25, 0.3) is 5.91 Å². The Labute approximate surface area is 130 Å². The molecule has 1 amide bonds. The average molecular weight is 308 g/mol. The van der Waals surface area contributed by atoms with Crippen molar-refractivity contribution in [3.8, 4) is 11.5 Å². The van der Waals surface area contributed by atoms with E-state index in [1.54, 1.807) is 37.3 Å². The Kier molecular flexibility index (Phi) is 5.01. The van der Waals surface area contributed by atoms with Gasteiger partial charge in [-0.3, -0.25) is 4.79 Å². The fourth-order valence-corrected chi connectivity index (χ4v) is 2.85. The topological polar surface area (TPSA) is 64.8 Å². The van der Waals surface area contributed by atoms with E-state index in [0.717, 1.165) is 19.3 Å². The third-order valence-corrected chi connectivity index (χ3v) is 4.00. The highest BCUT2D eigenvalue weighted by molar-refractivity contribution is 7.80. The van der Waals surface area contributed by atoms with E-state index in [-0.39, 0.29) is 11.9 Å². The van der Waals surface area contributed by atoms with Crippen LogP contribution in [-0.2, 0) is 0 Å². The molecular formula is C15H20N2O3S. The van der Waals surface area contributed by atoms with Gasteiger partial charge in [-0.1, -0.05) is 12.2 Å². The zero-order valence-electron chi connectivity index (χ0n) is 12.3. The third-order valence-electron chi connectivity index (χ3n) is 3.73. The van der Waals surface area contributed by atoms with Crippen LogP contribution in [0.3, 0.4) is 0 Å². The van der Waals surface area contributed by atoms with E-state index >= 15 is 0 Å². The SMILES string of the molecule is COc1ccc(OC)c(C(=O)N2CCCCC2C(N)=S)c1. The van der Waals surface area contributed by atoms with E-state index in [2.05, 4.69) is 0 Å². The first kappa shape index (κ1) is 15.6. The molecule has 21 heavy (non-hydrogen) atoms. The van der Waals surface area contributed by atoms with Crippen LogP contribution >= 0.6 is 12.2 Å². The summed E-state index contributed by atoms with van der Waals surface area (Å²) < 4.78 is 10.5. The molecule has 1 atom stereocenters. The molecule has 1 saturated heterocycles. The second-order valence-corrected chi connectivity index (χ2v) is 5.45. The van der Waals surface area contributed by atoms with Crippen molar-refractivity contribution in [3.63, 3.8) is 0 Å². The minimum Gasteiger partial charge on any atom is -0.497 e. The molecule has 1 aliphatic rings. The lowest BCUT2D eigenvalue weighted by atomic mass is 10.0. The highest BCUT2D eigenvalue weighted by Crippen LogP contribution is 2.28. The number of amides is 1. The normalized spacial score (nSPS) is 18.2. The van der Waals surface area contributed by atoms with Gasteiger partial charge in [0.05, 0.1) is 30.8 Å². The van der Waals surface area contributed by atoms with Crippen LogP contribution in [0.25, 0.3) is 0 Å². The van der Waals surface area contributed by atoms with Crippen LogP contribution in [0.2, 0.25) is 0 Å². The van der Waals surface area contributed by atoms with Gasteiger partial charge in [-0.25, -0.2) is 0 Å². The van der Waals surface area contributed by atoms with E-state index in [1.165, 1.54) is 0 Å². The summed E-state index contributed by atoms with van der Waals surface area (Å²) in [5, 5.41) is 0. The number of rotatable bonds is 4. The van der Waals surface area contributed by atoms with E-state index in [0.29, 0.717) is 28.6 Å². The summed E-state index contributed by atoms with van der Waals surface area (Å²) in [4.78, 5) is 14.9. The van der Waals surface area contributed by atoms with Crippen LogP contribution in [0.4, 0.5) is 0 Å². The molecule has 0 aromatic heterocycles. The van der Waals surface area contributed by atoms with Gasteiger partial charge >= 0.3 is 0 Å². The second-order valence-electron chi connectivity index (χ2n) is 4.98. The van der Waals surface area contributed by atoms with Crippen molar-refractivity contribution in [3.05, 3.63) is 23.8 Å². The summed E-state index contributed by atoms with van der Waals surface area (Å²) in [6.45, 7) is 0.654. The number of methoxy groups -OCH3 is 2. The lowest BCUT2D eigenvalue weighted by Crippen LogP contribution is -2.49. The summed E-state index contributed by atoms with van der Waals surface area (Å²) in [5.41, 5.74) is 6.25. The third kappa shape index (κ3) is 3.26. The second kappa shape index (κ2) is 6.76. The first-order chi connectivity index (χ1) is 10.1. The first-order valence-electron chi connectivity index (χ1n) is 6.90. The quantitative estimate of drug-likeness (QED) is 0.862. The largest absolute Gasteiger partial charge is 0.497 e. The molecule has 0 radical (unpaired) electrons. The number of carbonyl (C=O) groups is 1. The predicted molar refractivity (Wildman–Crippen MR) is 85.0 cm³/mol. The number of hydrogen-bond donors (Lipinski definition) is 1. The number of hydrogen-bond acceptors (Lipinski definition) is 4. The van der Waals surface area contributed by atoms with E-state index in [1.807, 2.05) is 0 Å². The molecule has 114 valence electrons. The van der Waals surface area contributed by atoms with Crippen LogP contribution in [0, 0.1) is 0 Å². The van der Waals surface area contributed by atoms with E-state index in [4.69, 9.17) is 27.4 Å². The molecule has 0 saturated carbocycles. The number of likely N-dealkylation sites (tertiary alicyclic amines) is 1. The monoisotopic (exact) mass is 308 g/mol. The minimum atomic E-state index is -0.183. The number of piperidine rings is 1. The Morgan fingerprint density at radius 1 is 1.33 bits per heavy atom. The maximum absolute atomic E-state index is 12.8. The molecule has 5 nitrogen and oxygen atoms in total. The van der Waals surface area contributed by atoms with Gasteiger partial charge < -0.3 is 20.1 Å². The molecule has 1 unspecified atom stereocenters. The maximum atomic E-state index is 12.8. The fraction of sp³-hybridized carbons (Fsp3) is 0.467. The van der Waals surface area contributed by atoms with Crippen molar-refractivity contribution < 1.29 is 14.3 Å². The number of benzene rings is 1. The Morgan fingerprint density at radius 3 is 2.71 bits per heavy atom. The first-order valence-corrected chi connectivity index (χ1v) is 7.31. The molecule has 1 aliphatic heterocycles. The van der Waals surface area contributed by atoms with Crippen LogP contribution < -0.4 is 15.2 Å². The summed E-state index contributed by atoms with van der Waals surface area (Å²) >= 11 is 5.10. The average Bonchev–Trinajstić information content (AvgIpc) is 2.53. The Hall–Kier alpha value is -1.82. The summed E-state index contributed by atoms with van der Waals surface area (Å²) in [7, 11) is 3.11. The molecule has 1 fully saturated rings. The van der Waals surface area contributed by atoms with Crippen molar-refractivity contribution in [1.29, 1.82) is 0 Å². The molecule has 2 rings (SSSR count). The summed E-state index contributed by atoms with van der Waals surface area (Å²) in [5.74, 6) is 1.01. The van der Waals surface area contributed by atoms with E-state index in [9.17, 15) is 4.79 Å². The number of carbonyl (C=O) groups excluding carboxylic acids is 1. The van der Waals surface area contributed by atoms with E-state index < -0.39 is 0 Å². The van der Waals surface area contributed by atoms with Crippen molar-refractivity contribution in [2.45, 2.75) is 25.3 Å². The van der Waals surface area contributed by atoms with Gasteiger partial charge in [-0.15, -0.1) is 0 Å². The fourth-order valence-electron chi connectivity index (χ4n) is 2.61. The molecule has 1 aromatic rings. The maximum Gasteiger partial charge on any atom is 0.258 e. The van der Waals surface area contributed by atoms with Gasteiger partial charge in [-0.2, -0.15) is 0 Å². The van der Waals surface area contributed by atoms with Crippen molar-refractivity contribution >= 4 is 23.1 Å². The molecule has 0 spiro atoms. The molecule has 6 heteroatoms. The minimum absolute atomic E-state index is 0.122. The molecule has 1 heterocycles. The Morgan fingerprint density at radius 2 is 2.10 bits per heavy atom. The van der Waals surface area contributed by atoms with Gasteiger partial charge in [0.15, 0.2) is 0 Å². The van der Waals surface area contributed by atoms with Crippen LogP contribution in [0.1, 0.15) is 29.6 Å². The Balaban J connectivity index is 2.35. The molecule has 0 aliphatic carbocycles. The number of nitrogens with zero attached hydrogens (tertiary/aromatic N) is 1. The van der Waals surface area contributed by atoms with Crippen molar-refractivity contribution in [1.82, 2.24) is 4.90 Å². The Bertz CT molecular complexity index is 548. The van der Waals surface area contributed by atoms with Crippen LogP contribution in [0.15, 0.2) is 18.2 Å². The highest BCUT2D eigenvalue weighted by Gasteiger charge is 2.30. The molecule has 1 aromatic carbocycles. The smallest absolute Gasteiger partial charge is 0.258 e. The standard InChI is InChI=1S/C15H20N2O3S/c1-19-10-6-7-13(20-2)11(9-10)15(18)17-8-4-3-5-12(17)14(16)21/h6-7,9,12H,3-5,8H2,1-2H3,(H2,16,21). The molecule has 2 N–H and O–H groups in total. The molecule has 0 bridgehead atoms. The summed E-state index contributed by atoms with van der Waals surface area (Å²) in [6.07, 6.45) is 2.80. The van der Waals surface area contributed by atoms with Crippen molar-refractivity contribution in [2.75, 3.05) is 20.8 Å². The van der Waals surface area contributed by atoms with Gasteiger partial charge in [-0.05, 0) is 37.5 Å². The number of ether oxygens (including phenoxy) is 2. The van der Waals surface area contributed by atoms with Gasteiger partial charge in [0.2, 0.25) is 0 Å². The zero-order valence-corrected chi connectivity index (χ0v) is 13.1. The lowest BCUT2D eigenvalue weighted by molar-refractivity contribution is 0.0677. The zero-order chi connectivity index (χ0) is 15.4. The number of thiocarbonyl (C=S) groups is 1.